The van der Waals surface area contributed by atoms with Crippen LogP contribution in [0.25, 0.3) is 0 Å². The van der Waals surface area contributed by atoms with Crippen molar-refractivity contribution in [2.24, 2.45) is 0 Å². The topological polar surface area (TPSA) is 111 Å². The summed E-state index contributed by atoms with van der Waals surface area (Å²) in [7, 11) is 0. The lowest BCUT2D eigenvalue weighted by Gasteiger charge is -2.27. The fourth-order valence-corrected chi connectivity index (χ4v) is 3.62. The van der Waals surface area contributed by atoms with E-state index in [1.165, 1.54) is 12.5 Å². The fraction of sp³-hybridized carbons (Fsp3) is 0.350. The number of rotatable bonds is 4. The van der Waals surface area contributed by atoms with Crippen molar-refractivity contribution in [3.63, 3.8) is 0 Å². The second-order valence-corrected chi connectivity index (χ2v) is 7.09. The molecule has 1 aromatic carbocycles. The number of carbonyl (C=O) groups is 2. The monoisotopic (exact) mass is 393 g/mol. The highest BCUT2D eigenvalue weighted by molar-refractivity contribution is 5.92. The third kappa shape index (κ3) is 4.18. The Hall–Kier alpha value is -3.49. The van der Waals surface area contributed by atoms with Gasteiger partial charge >= 0.3 is 0 Å². The number of nitrogens with zero attached hydrogens (tertiary/aromatic N) is 5. The number of imidazole rings is 1. The van der Waals surface area contributed by atoms with Crippen molar-refractivity contribution in [2.45, 2.75) is 25.8 Å². The predicted octanol–water partition coefficient (Wildman–Crippen LogP) is 1.49. The molecule has 9 nitrogen and oxygen atoms in total. The number of aromatic amines is 2. The van der Waals surface area contributed by atoms with Crippen molar-refractivity contribution in [3.05, 3.63) is 65.8 Å². The summed E-state index contributed by atoms with van der Waals surface area (Å²) in [5, 5.41) is 7.15. The van der Waals surface area contributed by atoms with E-state index in [4.69, 9.17) is 0 Å². The Kier molecular flexibility index (Phi) is 5.37. The summed E-state index contributed by atoms with van der Waals surface area (Å²) >= 11 is 0. The number of aromatic nitrogens is 5. The molecule has 0 radical (unpaired) electrons. The number of hydrogen-bond donors (Lipinski definition) is 2. The lowest BCUT2D eigenvalue weighted by atomic mass is 10.1. The van der Waals surface area contributed by atoms with E-state index in [0.717, 1.165) is 5.56 Å². The Bertz CT molecular complexity index is 968. The lowest BCUT2D eigenvalue weighted by molar-refractivity contribution is -0.133. The van der Waals surface area contributed by atoms with Gasteiger partial charge in [-0.15, -0.1) is 0 Å². The van der Waals surface area contributed by atoms with E-state index in [-0.39, 0.29) is 17.9 Å². The summed E-state index contributed by atoms with van der Waals surface area (Å²) in [6, 6.07) is 9.37. The largest absolute Gasteiger partial charge is 0.341 e. The van der Waals surface area contributed by atoms with Crippen LogP contribution in [0.3, 0.4) is 0 Å². The molecule has 1 fully saturated rings. The lowest BCUT2D eigenvalue weighted by Crippen LogP contribution is -2.39. The summed E-state index contributed by atoms with van der Waals surface area (Å²) in [6.45, 7) is 3.20. The molecule has 1 atom stereocenters. The molecule has 2 amide bonds. The van der Waals surface area contributed by atoms with Crippen LogP contribution in [-0.4, -0.2) is 66.4 Å². The second-order valence-electron chi connectivity index (χ2n) is 7.09. The van der Waals surface area contributed by atoms with Gasteiger partial charge in [0.2, 0.25) is 5.91 Å². The first-order valence-electron chi connectivity index (χ1n) is 9.62. The fourth-order valence-electron chi connectivity index (χ4n) is 3.62. The van der Waals surface area contributed by atoms with Crippen molar-refractivity contribution >= 4 is 11.8 Å². The van der Waals surface area contributed by atoms with Crippen LogP contribution in [0.2, 0.25) is 0 Å². The van der Waals surface area contributed by atoms with Crippen molar-refractivity contribution in [1.29, 1.82) is 0 Å². The van der Waals surface area contributed by atoms with Gasteiger partial charge in [0.05, 0.1) is 25.0 Å². The Morgan fingerprint density at radius 2 is 2.00 bits per heavy atom. The molecule has 0 saturated carbocycles. The van der Waals surface area contributed by atoms with Crippen molar-refractivity contribution in [1.82, 2.24) is 34.9 Å². The molecule has 3 aromatic rings. The minimum Gasteiger partial charge on any atom is -0.341 e. The van der Waals surface area contributed by atoms with E-state index in [9.17, 15) is 9.59 Å². The zero-order valence-electron chi connectivity index (χ0n) is 16.2. The number of H-pyrrole nitrogens is 2. The highest BCUT2D eigenvalue weighted by Gasteiger charge is 2.33. The molecule has 3 heterocycles. The molecule has 1 saturated heterocycles. The van der Waals surface area contributed by atoms with Gasteiger partial charge in [0.15, 0.2) is 5.82 Å². The Morgan fingerprint density at radius 3 is 2.69 bits per heavy atom. The van der Waals surface area contributed by atoms with Crippen molar-refractivity contribution in [3.8, 4) is 0 Å². The molecule has 1 aliphatic rings. The first-order valence-corrected chi connectivity index (χ1v) is 9.62. The average Bonchev–Trinajstić information content (AvgIpc) is 3.36. The average molecular weight is 393 g/mol. The van der Waals surface area contributed by atoms with Crippen LogP contribution < -0.4 is 0 Å². The molecule has 1 unspecified atom stereocenters. The quantitative estimate of drug-likeness (QED) is 0.698. The van der Waals surface area contributed by atoms with Gasteiger partial charge in [0.25, 0.3) is 5.91 Å². The van der Waals surface area contributed by atoms with E-state index < -0.39 is 0 Å². The van der Waals surface area contributed by atoms with Gasteiger partial charge in [0.1, 0.15) is 11.5 Å². The van der Waals surface area contributed by atoms with Crippen molar-refractivity contribution in [2.75, 3.05) is 19.6 Å². The van der Waals surface area contributed by atoms with Crippen LogP contribution in [0.1, 0.15) is 40.2 Å². The Labute approximate surface area is 168 Å². The van der Waals surface area contributed by atoms with Crippen LogP contribution in [0.4, 0.5) is 0 Å². The van der Waals surface area contributed by atoms with Crippen LogP contribution in [-0.2, 0) is 11.2 Å². The van der Waals surface area contributed by atoms with Gasteiger partial charge in [-0.1, -0.05) is 30.3 Å². The van der Waals surface area contributed by atoms with Gasteiger partial charge in [-0.05, 0) is 18.9 Å². The van der Waals surface area contributed by atoms with E-state index in [0.29, 0.717) is 49.8 Å². The molecule has 4 rings (SSSR count). The molecular weight excluding hydrogens is 370 g/mol. The number of nitrogens with one attached hydrogen (secondary N) is 2. The zero-order valence-corrected chi connectivity index (χ0v) is 16.2. The van der Waals surface area contributed by atoms with Crippen LogP contribution >= 0.6 is 0 Å². The highest BCUT2D eigenvalue weighted by atomic mass is 16.2. The molecule has 9 heteroatoms. The SMILES string of the molecule is Cc1nc(C2CCN(C(=O)c3cnc[nH]3)CCN2C(=O)Cc2ccccc2)n[nH]1. The normalized spacial score (nSPS) is 17.2. The van der Waals surface area contributed by atoms with E-state index >= 15 is 0 Å². The number of carbonyl (C=O) groups excluding carboxylic acids is 2. The second kappa shape index (κ2) is 8.26. The summed E-state index contributed by atoms with van der Waals surface area (Å²) in [6.07, 6.45) is 3.87. The molecule has 0 bridgehead atoms. The van der Waals surface area contributed by atoms with Crippen LogP contribution in [0.5, 0.6) is 0 Å². The first-order chi connectivity index (χ1) is 14.1. The molecular formula is C20H23N7O2. The third-order valence-corrected chi connectivity index (χ3v) is 5.11. The summed E-state index contributed by atoms with van der Waals surface area (Å²) in [5.74, 6) is 1.16. The minimum absolute atomic E-state index is 0.000470. The van der Waals surface area contributed by atoms with Gasteiger partial charge in [0, 0.05) is 19.6 Å². The molecule has 0 spiro atoms. The molecule has 1 aliphatic heterocycles. The van der Waals surface area contributed by atoms with Crippen LogP contribution in [0, 0.1) is 6.92 Å². The number of aryl methyl sites for hydroxylation is 1. The Morgan fingerprint density at radius 1 is 1.17 bits per heavy atom. The van der Waals surface area contributed by atoms with E-state index in [1.807, 2.05) is 37.3 Å². The predicted molar refractivity (Wildman–Crippen MR) is 105 cm³/mol. The summed E-state index contributed by atoms with van der Waals surface area (Å²) < 4.78 is 0. The maximum Gasteiger partial charge on any atom is 0.271 e. The molecule has 150 valence electrons. The zero-order chi connectivity index (χ0) is 20.2. The van der Waals surface area contributed by atoms with Crippen molar-refractivity contribution < 1.29 is 9.59 Å². The number of hydrogen-bond acceptors (Lipinski definition) is 5. The number of amides is 2. The summed E-state index contributed by atoms with van der Waals surface area (Å²) in [5.41, 5.74) is 1.40. The van der Waals surface area contributed by atoms with Gasteiger partial charge in [-0.2, -0.15) is 5.10 Å². The standard InChI is InChI=1S/C20H23N7O2/c1-14-23-19(25-24-14)17-7-8-26(20(29)16-12-21-13-22-16)9-10-27(17)18(28)11-15-5-3-2-4-6-15/h2-6,12-13,17H,7-11H2,1H3,(H,21,22)(H,23,24,25). The van der Waals surface area contributed by atoms with Crippen LogP contribution in [0.15, 0.2) is 42.9 Å². The smallest absolute Gasteiger partial charge is 0.271 e. The molecule has 0 aliphatic carbocycles. The minimum atomic E-state index is -0.282. The number of benzene rings is 1. The van der Waals surface area contributed by atoms with Gasteiger partial charge in [-0.25, -0.2) is 9.97 Å². The van der Waals surface area contributed by atoms with E-state index in [2.05, 4.69) is 25.1 Å². The van der Waals surface area contributed by atoms with E-state index in [1.54, 1.807) is 9.80 Å². The maximum absolute atomic E-state index is 13.2. The van der Waals surface area contributed by atoms with Gasteiger partial charge < -0.3 is 14.8 Å². The molecule has 29 heavy (non-hydrogen) atoms. The maximum atomic E-state index is 13.2. The first kappa shape index (κ1) is 18.9. The van der Waals surface area contributed by atoms with Gasteiger partial charge in [-0.3, -0.25) is 14.7 Å². The highest BCUT2D eigenvalue weighted by Crippen LogP contribution is 2.26. The molecule has 2 N–H and O–H groups in total. The summed E-state index contributed by atoms with van der Waals surface area (Å²) in [4.78, 5) is 40.7. The Balaban J connectivity index is 1.56. The third-order valence-electron chi connectivity index (χ3n) is 5.11. The molecule has 2 aromatic heterocycles.